The van der Waals surface area contributed by atoms with Crippen molar-refractivity contribution >= 4 is 27.5 Å². The van der Waals surface area contributed by atoms with Gasteiger partial charge in [0, 0.05) is 32.0 Å². The van der Waals surface area contributed by atoms with Crippen molar-refractivity contribution < 1.29 is 22.4 Å². The summed E-state index contributed by atoms with van der Waals surface area (Å²) >= 11 is 0. The molecule has 0 aliphatic carbocycles. The van der Waals surface area contributed by atoms with Crippen LogP contribution in [0.15, 0.2) is 41.4 Å². The van der Waals surface area contributed by atoms with Gasteiger partial charge in [-0.25, -0.2) is 12.8 Å². The Morgan fingerprint density at radius 3 is 2.64 bits per heavy atom. The maximum absolute atomic E-state index is 13.2. The minimum atomic E-state index is -3.97. The fourth-order valence-corrected chi connectivity index (χ4v) is 4.09. The van der Waals surface area contributed by atoms with E-state index in [1.807, 2.05) is 0 Å². The lowest BCUT2D eigenvalue weighted by molar-refractivity contribution is -0.116. The van der Waals surface area contributed by atoms with E-state index >= 15 is 0 Å². The molecule has 0 unspecified atom stereocenters. The molecule has 10 heteroatoms. The third kappa shape index (κ3) is 4.39. The van der Waals surface area contributed by atoms with Crippen molar-refractivity contribution in [3.8, 4) is 0 Å². The van der Waals surface area contributed by atoms with Crippen molar-refractivity contribution in [1.29, 1.82) is 0 Å². The molecule has 1 aromatic heterocycles. The summed E-state index contributed by atoms with van der Waals surface area (Å²) in [4.78, 5) is 28.7. The third-order valence-corrected chi connectivity index (χ3v) is 6.24. The molecular weight excluding hydrogens is 387 g/mol. The SMILES string of the molecule is CN(CC(=O)Nc1cccc(F)c1)S(=O)(=O)c1c[nH]c(C(=O)N2CCCC2)c1. The van der Waals surface area contributed by atoms with Crippen molar-refractivity contribution in [2.45, 2.75) is 17.7 Å². The van der Waals surface area contributed by atoms with Gasteiger partial charge in [0.2, 0.25) is 15.9 Å². The lowest BCUT2D eigenvalue weighted by Gasteiger charge is -2.16. The molecule has 1 aliphatic heterocycles. The molecule has 1 fully saturated rings. The second-order valence-corrected chi connectivity index (χ2v) is 8.61. The fourth-order valence-electron chi connectivity index (χ4n) is 2.97. The summed E-state index contributed by atoms with van der Waals surface area (Å²) in [5.74, 6) is -1.37. The van der Waals surface area contributed by atoms with Crippen LogP contribution in [0, 0.1) is 5.82 Å². The largest absolute Gasteiger partial charge is 0.356 e. The summed E-state index contributed by atoms with van der Waals surface area (Å²) in [7, 11) is -2.71. The van der Waals surface area contributed by atoms with Crippen molar-refractivity contribution in [3.05, 3.63) is 48.0 Å². The highest BCUT2D eigenvalue weighted by Gasteiger charge is 2.27. The van der Waals surface area contributed by atoms with Crippen LogP contribution in [-0.4, -0.2) is 61.1 Å². The first kappa shape index (κ1) is 20.0. The van der Waals surface area contributed by atoms with Crippen LogP contribution in [0.5, 0.6) is 0 Å². The highest BCUT2D eigenvalue weighted by molar-refractivity contribution is 7.89. The highest BCUT2D eigenvalue weighted by Crippen LogP contribution is 2.18. The first-order chi connectivity index (χ1) is 13.3. The van der Waals surface area contributed by atoms with Crippen LogP contribution < -0.4 is 5.32 Å². The molecule has 2 amide bonds. The number of rotatable bonds is 6. The Morgan fingerprint density at radius 1 is 1.25 bits per heavy atom. The van der Waals surface area contributed by atoms with Gasteiger partial charge in [-0.05, 0) is 37.1 Å². The molecule has 1 saturated heterocycles. The smallest absolute Gasteiger partial charge is 0.270 e. The number of hydrogen-bond donors (Lipinski definition) is 2. The predicted octanol–water partition coefficient (Wildman–Crippen LogP) is 1.65. The fraction of sp³-hybridized carbons (Fsp3) is 0.333. The van der Waals surface area contributed by atoms with E-state index in [9.17, 15) is 22.4 Å². The number of halogens is 1. The number of nitrogens with zero attached hydrogens (tertiary/aromatic N) is 2. The Morgan fingerprint density at radius 2 is 1.96 bits per heavy atom. The number of hydrogen-bond acceptors (Lipinski definition) is 4. The molecule has 0 atom stereocenters. The van der Waals surface area contributed by atoms with Gasteiger partial charge in [0.05, 0.1) is 6.54 Å². The van der Waals surface area contributed by atoms with Gasteiger partial charge in [-0.1, -0.05) is 6.07 Å². The molecule has 1 aromatic carbocycles. The second kappa shape index (κ2) is 8.11. The first-order valence-corrected chi connectivity index (χ1v) is 10.2. The molecule has 28 heavy (non-hydrogen) atoms. The predicted molar refractivity (Wildman–Crippen MR) is 101 cm³/mol. The summed E-state index contributed by atoms with van der Waals surface area (Å²) < 4.78 is 39.4. The van der Waals surface area contributed by atoms with Gasteiger partial charge in [0.1, 0.15) is 16.4 Å². The number of nitrogens with one attached hydrogen (secondary N) is 2. The zero-order valence-electron chi connectivity index (χ0n) is 15.3. The molecule has 0 spiro atoms. The maximum atomic E-state index is 13.2. The van der Waals surface area contributed by atoms with E-state index < -0.39 is 28.3 Å². The van der Waals surface area contributed by atoms with Crippen LogP contribution in [0.25, 0.3) is 0 Å². The number of aromatic nitrogens is 1. The first-order valence-electron chi connectivity index (χ1n) is 8.77. The quantitative estimate of drug-likeness (QED) is 0.759. The lowest BCUT2D eigenvalue weighted by atomic mass is 10.3. The van der Waals surface area contributed by atoms with Gasteiger partial charge in [-0.3, -0.25) is 9.59 Å². The van der Waals surface area contributed by atoms with E-state index in [0.29, 0.717) is 13.1 Å². The molecular formula is C18H21FN4O4S. The molecule has 0 bridgehead atoms. The van der Waals surface area contributed by atoms with E-state index in [4.69, 9.17) is 0 Å². The summed E-state index contributed by atoms with van der Waals surface area (Å²) in [6, 6.07) is 6.58. The number of H-pyrrole nitrogens is 1. The molecule has 1 aliphatic rings. The van der Waals surface area contributed by atoms with Gasteiger partial charge in [-0.15, -0.1) is 0 Å². The number of amides is 2. The number of likely N-dealkylation sites (N-methyl/N-ethyl adjacent to an activating group) is 1. The third-order valence-electron chi connectivity index (χ3n) is 4.46. The minimum absolute atomic E-state index is 0.101. The molecule has 2 aromatic rings. The Hall–Kier alpha value is -2.72. The van der Waals surface area contributed by atoms with E-state index in [2.05, 4.69) is 10.3 Å². The lowest BCUT2D eigenvalue weighted by Crippen LogP contribution is -2.34. The van der Waals surface area contributed by atoms with Gasteiger partial charge < -0.3 is 15.2 Å². The van der Waals surface area contributed by atoms with Gasteiger partial charge >= 0.3 is 0 Å². The van der Waals surface area contributed by atoms with Gasteiger partial charge in [-0.2, -0.15) is 4.31 Å². The standard InChI is InChI=1S/C18H21FN4O4S/c1-22(12-17(24)21-14-6-4-5-13(19)9-14)28(26,27)15-10-16(20-11-15)18(25)23-7-2-3-8-23/h4-6,9-11,20H,2-3,7-8,12H2,1H3,(H,21,24). The molecule has 2 N–H and O–H groups in total. The number of anilines is 1. The Balaban J connectivity index is 1.66. The highest BCUT2D eigenvalue weighted by atomic mass is 32.2. The summed E-state index contributed by atoms with van der Waals surface area (Å²) in [5, 5.41) is 2.44. The van der Waals surface area contributed by atoms with Crippen molar-refractivity contribution in [1.82, 2.24) is 14.2 Å². The van der Waals surface area contributed by atoms with Crippen molar-refractivity contribution in [2.24, 2.45) is 0 Å². The Kier molecular flexibility index (Phi) is 5.80. The number of benzene rings is 1. The zero-order chi connectivity index (χ0) is 20.3. The number of carbonyl (C=O) groups is 2. The van der Waals surface area contributed by atoms with E-state index in [0.717, 1.165) is 23.2 Å². The monoisotopic (exact) mass is 408 g/mol. The molecule has 0 radical (unpaired) electrons. The van der Waals surface area contributed by atoms with Crippen LogP contribution in [0.4, 0.5) is 10.1 Å². The number of sulfonamides is 1. The average molecular weight is 408 g/mol. The summed E-state index contributed by atoms with van der Waals surface area (Å²) in [6.45, 7) is 0.847. The second-order valence-electron chi connectivity index (χ2n) is 6.57. The Labute approximate surface area is 162 Å². The topological polar surface area (TPSA) is 103 Å². The van der Waals surface area contributed by atoms with Crippen LogP contribution in [-0.2, 0) is 14.8 Å². The number of aromatic amines is 1. The van der Waals surface area contributed by atoms with E-state index in [-0.39, 0.29) is 22.2 Å². The molecule has 8 nitrogen and oxygen atoms in total. The van der Waals surface area contributed by atoms with E-state index in [1.165, 1.54) is 37.5 Å². The molecule has 3 rings (SSSR count). The normalized spacial score (nSPS) is 14.5. The average Bonchev–Trinajstić information content (AvgIpc) is 3.33. The van der Waals surface area contributed by atoms with Gasteiger partial charge in [0.15, 0.2) is 0 Å². The minimum Gasteiger partial charge on any atom is -0.356 e. The molecule has 2 heterocycles. The maximum Gasteiger partial charge on any atom is 0.270 e. The van der Waals surface area contributed by atoms with Crippen molar-refractivity contribution in [3.63, 3.8) is 0 Å². The molecule has 0 saturated carbocycles. The van der Waals surface area contributed by atoms with Gasteiger partial charge in [0.25, 0.3) is 5.91 Å². The summed E-state index contributed by atoms with van der Waals surface area (Å²) in [6.07, 6.45) is 3.10. The van der Waals surface area contributed by atoms with Crippen LogP contribution in [0.3, 0.4) is 0 Å². The number of carbonyl (C=O) groups excluding carboxylic acids is 2. The van der Waals surface area contributed by atoms with E-state index in [1.54, 1.807) is 4.90 Å². The van der Waals surface area contributed by atoms with Crippen LogP contribution in [0.2, 0.25) is 0 Å². The molecule has 150 valence electrons. The number of likely N-dealkylation sites (tertiary alicyclic amines) is 1. The Bertz CT molecular complexity index is 983. The van der Waals surface area contributed by atoms with Crippen LogP contribution >= 0.6 is 0 Å². The zero-order valence-corrected chi connectivity index (χ0v) is 16.1. The van der Waals surface area contributed by atoms with Crippen molar-refractivity contribution in [2.75, 3.05) is 32.0 Å². The summed E-state index contributed by atoms with van der Waals surface area (Å²) in [5.41, 5.74) is 0.425. The van der Waals surface area contributed by atoms with Crippen LogP contribution in [0.1, 0.15) is 23.3 Å².